The van der Waals surface area contributed by atoms with E-state index in [1.54, 1.807) is 7.05 Å². The molecule has 3 heteroatoms. The molecule has 0 atom stereocenters. The molecule has 0 fully saturated rings. The Morgan fingerprint density at radius 3 is 2.78 bits per heavy atom. The molecule has 0 aliphatic heterocycles. The van der Waals surface area contributed by atoms with E-state index < -0.39 is 0 Å². The van der Waals surface area contributed by atoms with Crippen LogP contribution in [0.5, 0.6) is 0 Å². The van der Waals surface area contributed by atoms with Crippen LogP contribution in [0, 0.1) is 0 Å². The van der Waals surface area contributed by atoms with E-state index >= 15 is 0 Å². The van der Waals surface area contributed by atoms with Crippen LogP contribution < -0.4 is 5.32 Å². The van der Waals surface area contributed by atoms with Crippen molar-refractivity contribution >= 4 is 5.97 Å². The quantitative estimate of drug-likeness (QED) is 0.402. The first-order valence-corrected chi connectivity index (χ1v) is 2.93. The van der Waals surface area contributed by atoms with E-state index in [4.69, 9.17) is 0 Å². The molecule has 1 radical (unpaired) electrons. The zero-order chi connectivity index (χ0) is 7.11. The normalized spacial score (nSPS) is 9.11. The number of esters is 1. The molecule has 0 aliphatic carbocycles. The summed E-state index contributed by atoms with van der Waals surface area (Å²) in [5.41, 5.74) is 0. The fourth-order valence-corrected chi connectivity index (χ4v) is 0.484. The van der Waals surface area contributed by atoms with E-state index in [0.717, 1.165) is 13.0 Å². The van der Waals surface area contributed by atoms with Crippen molar-refractivity contribution in [1.82, 2.24) is 5.32 Å². The smallest absolute Gasteiger partial charge is 0.305 e. The van der Waals surface area contributed by atoms with Gasteiger partial charge < -0.3 is 4.74 Å². The number of rotatable bonds is 4. The second-order valence-electron chi connectivity index (χ2n) is 1.72. The number of hydrogen-bond acceptors (Lipinski definition) is 2. The van der Waals surface area contributed by atoms with Crippen LogP contribution in [0.25, 0.3) is 0 Å². The lowest BCUT2D eigenvalue weighted by molar-refractivity contribution is -0.140. The van der Waals surface area contributed by atoms with Crippen molar-refractivity contribution in [3.63, 3.8) is 0 Å². The second-order valence-corrected chi connectivity index (χ2v) is 1.72. The number of carbonyl (C=O) groups excluding carboxylic acids is 1. The molecule has 9 heavy (non-hydrogen) atoms. The largest absolute Gasteiger partial charge is 0.469 e. The van der Waals surface area contributed by atoms with Gasteiger partial charge in [-0.2, -0.15) is 0 Å². The summed E-state index contributed by atoms with van der Waals surface area (Å²) in [5.74, 6) is -0.154. The third-order valence-electron chi connectivity index (χ3n) is 0.990. The molecule has 0 N–H and O–H groups in total. The first-order valence-electron chi connectivity index (χ1n) is 2.93. The van der Waals surface area contributed by atoms with Crippen molar-refractivity contribution in [2.75, 3.05) is 20.7 Å². The molecule has 0 aromatic rings. The molecule has 0 aliphatic rings. The number of carbonyl (C=O) groups is 1. The highest BCUT2D eigenvalue weighted by molar-refractivity contribution is 5.68. The van der Waals surface area contributed by atoms with Gasteiger partial charge in [-0.15, -0.1) is 0 Å². The van der Waals surface area contributed by atoms with Gasteiger partial charge in [0.25, 0.3) is 0 Å². The summed E-state index contributed by atoms with van der Waals surface area (Å²) in [6, 6.07) is 0. The molecule has 0 saturated carbocycles. The summed E-state index contributed by atoms with van der Waals surface area (Å²) >= 11 is 0. The van der Waals surface area contributed by atoms with E-state index in [-0.39, 0.29) is 5.97 Å². The van der Waals surface area contributed by atoms with E-state index in [1.807, 2.05) is 0 Å². The summed E-state index contributed by atoms with van der Waals surface area (Å²) in [6.45, 7) is 0.745. The lowest BCUT2D eigenvalue weighted by Gasteiger charge is -1.95. The molecular weight excluding hydrogens is 118 g/mol. The van der Waals surface area contributed by atoms with Crippen LogP contribution in [0.3, 0.4) is 0 Å². The Morgan fingerprint density at radius 1 is 1.67 bits per heavy atom. The number of methoxy groups -OCH3 is 1. The summed E-state index contributed by atoms with van der Waals surface area (Å²) in [4.78, 5) is 10.4. The maximum absolute atomic E-state index is 10.4. The summed E-state index contributed by atoms with van der Waals surface area (Å²) in [7, 11) is 3.13. The van der Waals surface area contributed by atoms with Crippen LogP contribution in [0.1, 0.15) is 12.8 Å². The highest BCUT2D eigenvalue weighted by Gasteiger charge is 1.96. The first kappa shape index (κ1) is 8.43. The number of hydrogen-bond donors (Lipinski definition) is 0. The second kappa shape index (κ2) is 5.56. The van der Waals surface area contributed by atoms with Gasteiger partial charge in [-0.05, 0) is 6.42 Å². The Labute approximate surface area is 55.4 Å². The van der Waals surface area contributed by atoms with Gasteiger partial charge in [0, 0.05) is 20.0 Å². The molecule has 0 aromatic heterocycles. The molecule has 0 unspecified atom stereocenters. The van der Waals surface area contributed by atoms with Gasteiger partial charge in [-0.3, -0.25) is 4.79 Å². The molecule has 0 spiro atoms. The van der Waals surface area contributed by atoms with Crippen LogP contribution in [0.2, 0.25) is 0 Å². The third kappa shape index (κ3) is 5.30. The molecule has 0 aromatic carbocycles. The Hall–Kier alpha value is -0.570. The standard InChI is InChI=1S/C6H12NO2/c1-7-5-3-4-6(8)9-2/h3-5H2,1-2H3. The highest BCUT2D eigenvalue weighted by atomic mass is 16.5. The Bertz CT molecular complexity index is 83.1. The molecule has 0 heterocycles. The van der Waals surface area contributed by atoms with Crippen LogP contribution in [0.4, 0.5) is 0 Å². The minimum absolute atomic E-state index is 0.154. The van der Waals surface area contributed by atoms with Gasteiger partial charge in [0.15, 0.2) is 0 Å². The first-order chi connectivity index (χ1) is 4.31. The van der Waals surface area contributed by atoms with Crippen LogP contribution >= 0.6 is 0 Å². The minimum atomic E-state index is -0.154. The maximum atomic E-state index is 10.4. The fourth-order valence-electron chi connectivity index (χ4n) is 0.484. The molecule has 53 valence electrons. The topological polar surface area (TPSA) is 40.4 Å². The molecule has 0 bridgehead atoms. The zero-order valence-electron chi connectivity index (χ0n) is 5.89. The Morgan fingerprint density at radius 2 is 2.33 bits per heavy atom. The molecule has 0 saturated heterocycles. The van der Waals surface area contributed by atoms with Crippen molar-refractivity contribution < 1.29 is 9.53 Å². The average molecular weight is 130 g/mol. The Balaban J connectivity index is 2.97. The molecule has 3 nitrogen and oxygen atoms in total. The van der Waals surface area contributed by atoms with E-state index in [9.17, 15) is 4.79 Å². The van der Waals surface area contributed by atoms with Crippen molar-refractivity contribution in [2.45, 2.75) is 12.8 Å². The van der Waals surface area contributed by atoms with Gasteiger partial charge in [0.2, 0.25) is 0 Å². The van der Waals surface area contributed by atoms with E-state index in [1.165, 1.54) is 7.11 Å². The van der Waals surface area contributed by atoms with E-state index in [2.05, 4.69) is 10.1 Å². The summed E-state index contributed by atoms with van der Waals surface area (Å²) in [5, 5.41) is 3.83. The van der Waals surface area contributed by atoms with Gasteiger partial charge in [-0.1, -0.05) is 0 Å². The predicted octanol–water partition coefficient (Wildman–Crippen LogP) is 0.174. The van der Waals surface area contributed by atoms with Gasteiger partial charge in [0.05, 0.1) is 7.11 Å². The Kier molecular flexibility index (Phi) is 5.21. The lowest BCUT2D eigenvalue weighted by Crippen LogP contribution is -2.05. The lowest BCUT2D eigenvalue weighted by atomic mass is 10.3. The monoisotopic (exact) mass is 130 g/mol. The van der Waals surface area contributed by atoms with Crippen molar-refractivity contribution in [1.29, 1.82) is 0 Å². The van der Waals surface area contributed by atoms with Crippen LogP contribution in [-0.4, -0.2) is 26.7 Å². The predicted molar refractivity (Wildman–Crippen MR) is 34.2 cm³/mol. The maximum Gasteiger partial charge on any atom is 0.305 e. The van der Waals surface area contributed by atoms with Gasteiger partial charge in [0.1, 0.15) is 0 Å². The van der Waals surface area contributed by atoms with Crippen molar-refractivity contribution in [2.24, 2.45) is 0 Å². The van der Waals surface area contributed by atoms with Gasteiger partial charge >= 0.3 is 5.97 Å². The summed E-state index contributed by atoms with van der Waals surface area (Å²) < 4.78 is 4.42. The van der Waals surface area contributed by atoms with Crippen molar-refractivity contribution in [3.05, 3.63) is 0 Å². The van der Waals surface area contributed by atoms with Crippen LogP contribution in [0.15, 0.2) is 0 Å². The minimum Gasteiger partial charge on any atom is -0.469 e. The van der Waals surface area contributed by atoms with Crippen molar-refractivity contribution in [3.8, 4) is 0 Å². The average Bonchev–Trinajstić information content (AvgIpc) is 1.89. The van der Waals surface area contributed by atoms with Gasteiger partial charge in [-0.25, -0.2) is 5.32 Å². The SMILES string of the molecule is C[N]CCCC(=O)OC. The molecule has 0 amide bonds. The molecular formula is C6H12NO2. The zero-order valence-corrected chi connectivity index (χ0v) is 5.89. The number of ether oxygens (including phenoxy) is 1. The highest BCUT2D eigenvalue weighted by Crippen LogP contribution is 1.88. The van der Waals surface area contributed by atoms with E-state index in [0.29, 0.717) is 6.42 Å². The third-order valence-corrected chi connectivity index (χ3v) is 0.990. The summed E-state index contributed by atoms with van der Waals surface area (Å²) in [6.07, 6.45) is 1.27. The van der Waals surface area contributed by atoms with Crippen LogP contribution in [-0.2, 0) is 9.53 Å². The molecule has 0 rings (SSSR count). The number of nitrogens with zero attached hydrogens (tertiary/aromatic N) is 1. The fraction of sp³-hybridized carbons (Fsp3) is 0.833.